The fourth-order valence-corrected chi connectivity index (χ4v) is 0.684. The molecule has 0 atom stereocenters. The van der Waals surface area contributed by atoms with Crippen molar-refractivity contribution in [3.8, 4) is 0 Å². The summed E-state index contributed by atoms with van der Waals surface area (Å²) in [4.78, 5) is 10.1. The molecular weight excluding hydrogens is 201 g/mol. The molecule has 2 heteroatoms. The molecule has 1 rings (SSSR count). The number of aldehydes is 1. The van der Waals surface area contributed by atoms with Gasteiger partial charge in [-0.15, -0.1) is 0 Å². The van der Waals surface area contributed by atoms with Crippen LogP contribution in [0.25, 0.3) is 0 Å². The Morgan fingerprint density at radius 3 is 2.60 bits per heavy atom. The molecule has 0 unspecified atom stereocenters. The third-order valence-electron chi connectivity index (χ3n) is 1.09. The van der Waals surface area contributed by atoms with Crippen LogP contribution in [0.1, 0.15) is 15.9 Å². The van der Waals surface area contributed by atoms with Crippen LogP contribution >= 0.6 is 0 Å². The van der Waals surface area contributed by atoms with Gasteiger partial charge in [0, 0.05) is 32.7 Å². The molecule has 0 saturated carbocycles. The van der Waals surface area contributed by atoms with Gasteiger partial charge in [-0.1, -0.05) is 12.5 Å². The predicted octanol–water partition coefficient (Wildman–Crippen LogP) is 1.61. The zero-order valence-electron chi connectivity index (χ0n) is 5.79. The van der Waals surface area contributed by atoms with E-state index in [1.807, 2.05) is 19.1 Å². The number of aryl methyl sites for hydroxylation is 1. The van der Waals surface area contributed by atoms with Crippen molar-refractivity contribution in [1.82, 2.24) is 0 Å². The minimum atomic E-state index is 0. The molecule has 0 amide bonds. The first-order chi connectivity index (χ1) is 4.33. The number of hydrogen-bond donors (Lipinski definition) is 0. The maximum absolute atomic E-state index is 10.1. The molecule has 10 heavy (non-hydrogen) atoms. The summed E-state index contributed by atoms with van der Waals surface area (Å²) >= 11 is 0. The van der Waals surface area contributed by atoms with Crippen molar-refractivity contribution < 1.29 is 37.5 Å². The molecule has 0 bridgehead atoms. The second-order valence-electron chi connectivity index (χ2n) is 1.96. The van der Waals surface area contributed by atoms with E-state index in [0.717, 1.165) is 11.8 Å². The molecule has 1 nitrogen and oxygen atoms in total. The van der Waals surface area contributed by atoms with E-state index in [-0.39, 0.29) is 32.7 Å². The van der Waals surface area contributed by atoms with Crippen LogP contribution in [-0.4, -0.2) is 6.29 Å². The van der Waals surface area contributed by atoms with E-state index in [1.54, 1.807) is 6.07 Å². The summed E-state index contributed by atoms with van der Waals surface area (Å²) < 4.78 is 0. The largest absolute Gasteiger partial charge is 0.312 e. The average Bonchev–Trinajstić information content (AvgIpc) is 1.88. The van der Waals surface area contributed by atoms with Gasteiger partial charge in [-0.05, 0) is 0 Å². The van der Waals surface area contributed by atoms with Crippen molar-refractivity contribution in [2.75, 3.05) is 0 Å². The van der Waals surface area contributed by atoms with Crippen molar-refractivity contribution in [1.29, 1.82) is 0 Å². The molecule has 0 aliphatic rings. The Hall–Kier alpha value is -0.00610. The zero-order valence-corrected chi connectivity index (χ0v) is 8.63. The minimum Gasteiger partial charge on any atom is -0.312 e. The summed E-state index contributed by atoms with van der Waals surface area (Å²) in [6.45, 7) is 1.93. The second kappa shape index (κ2) is 4.76. The molecule has 49 valence electrons. The van der Waals surface area contributed by atoms with Crippen LogP contribution in [-0.2, 0) is 32.7 Å². The monoisotopic (exact) mass is 208 g/mol. The van der Waals surface area contributed by atoms with Gasteiger partial charge in [0.1, 0.15) is 0 Å². The molecule has 0 aromatic heterocycles. The number of carbonyl (C=O) groups excluding carboxylic acids is 1. The van der Waals surface area contributed by atoms with Gasteiger partial charge in [-0.25, -0.2) is 0 Å². The molecule has 0 heterocycles. The van der Waals surface area contributed by atoms with Gasteiger partial charge in [0.25, 0.3) is 0 Å². The fraction of sp³-hybridized carbons (Fsp3) is 0.125. The standard InChI is InChI=1S/C8H7O.Y/c1-7-3-2-4-8(5-7)6-9;/h3-6H,1H3;/q-1;. The zero-order chi connectivity index (χ0) is 6.69. The smallest absolute Gasteiger partial charge is 0.0950 e. The van der Waals surface area contributed by atoms with E-state index < -0.39 is 0 Å². The molecule has 1 radical (unpaired) electrons. The summed E-state index contributed by atoms with van der Waals surface area (Å²) in [5.41, 5.74) is 1.76. The third kappa shape index (κ3) is 2.72. The fourth-order valence-electron chi connectivity index (χ4n) is 0.684. The van der Waals surface area contributed by atoms with Crippen molar-refractivity contribution in [2.24, 2.45) is 0 Å². The van der Waals surface area contributed by atoms with Crippen LogP contribution in [0.3, 0.4) is 0 Å². The Morgan fingerprint density at radius 2 is 2.20 bits per heavy atom. The first kappa shape index (κ1) is 9.99. The Bertz CT molecular complexity index is 220. The maximum Gasteiger partial charge on any atom is 0.0950 e. The van der Waals surface area contributed by atoms with E-state index in [0.29, 0.717) is 5.56 Å². The first-order valence-corrected chi connectivity index (χ1v) is 2.76. The SMILES string of the molecule is Cc1c[c-]cc(C=O)c1.[Y]. The molecular formula is C8H7OY-. The molecule has 0 spiro atoms. The van der Waals surface area contributed by atoms with E-state index >= 15 is 0 Å². The number of benzene rings is 1. The Kier molecular flexibility index (Phi) is 4.75. The predicted molar refractivity (Wildman–Crippen MR) is 35.4 cm³/mol. The van der Waals surface area contributed by atoms with Crippen LogP contribution in [0, 0.1) is 13.0 Å². The number of hydrogen-bond acceptors (Lipinski definition) is 1. The van der Waals surface area contributed by atoms with E-state index in [9.17, 15) is 4.79 Å². The molecule has 0 aliphatic carbocycles. The van der Waals surface area contributed by atoms with Gasteiger partial charge in [0.05, 0.1) is 6.29 Å². The summed E-state index contributed by atoms with van der Waals surface area (Å²) in [5.74, 6) is 0. The molecule has 0 fully saturated rings. The van der Waals surface area contributed by atoms with Crippen molar-refractivity contribution in [3.05, 3.63) is 35.4 Å². The van der Waals surface area contributed by atoms with Gasteiger partial charge >= 0.3 is 0 Å². The van der Waals surface area contributed by atoms with Gasteiger partial charge in [0.15, 0.2) is 0 Å². The van der Waals surface area contributed by atoms with Crippen LogP contribution in [0.4, 0.5) is 0 Å². The summed E-state index contributed by atoms with van der Waals surface area (Å²) in [6.07, 6.45) is 0.823. The Balaban J connectivity index is 0.000000810. The quantitative estimate of drug-likeness (QED) is 0.506. The Labute approximate surface area is 85.7 Å². The van der Waals surface area contributed by atoms with Gasteiger partial charge < -0.3 is 4.79 Å². The molecule has 1 aromatic rings. The van der Waals surface area contributed by atoms with Gasteiger partial charge in [-0.3, -0.25) is 0 Å². The average molecular weight is 208 g/mol. The maximum atomic E-state index is 10.1. The summed E-state index contributed by atoms with van der Waals surface area (Å²) in [7, 11) is 0. The molecule has 0 saturated heterocycles. The molecule has 1 aromatic carbocycles. The third-order valence-corrected chi connectivity index (χ3v) is 1.09. The van der Waals surface area contributed by atoms with Crippen LogP contribution in [0.2, 0.25) is 0 Å². The topological polar surface area (TPSA) is 17.1 Å². The van der Waals surface area contributed by atoms with Crippen molar-refractivity contribution in [3.63, 3.8) is 0 Å². The van der Waals surface area contributed by atoms with Crippen molar-refractivity contribution in [2.45, 2.75) is 6.92 Å². The van der Waals surface area contributed by atoms with Gasteiger partial charge in [0.2, 0.25) is 0 Å². The first-order valence-electron chi connectivity index (χ1n) is 2.76. The van der Waals surface area contributed by atoms with Crippen molar-refractivity contribution >= 4 is 6.29 Å². The van der Waals surface area contributed by atoms with Crippen LogP contribution < -0.4 is 0 Å². The molecule has 0 aliphatic heterocycles. The Morgan fingerprint density at radius 1 is 1.50 bits per heavy atom. The summed E-state index contributed by atoms with van der Waals surface area (Å²) in [5, 5.41) is 0. The normalized spacial score (nSPS) is 8.10. The number of rotatable bonds is 1. The summed E-state index contributed by atoms with van der Waals surface area (Å²) in [6, 6.07) is 8.18. The van der Waals surface area contributed by atoms with Crippen LogP contribution in [0.5, 0.6) is 0 Å². The minimum absolute atomic E-state index is 0. The van der Waals surface area contributed by atoms with E-state index in [2.05, 4.69) is 6.07 Å². The number of carbonyl (C=O) groups is 1. The van der Waals surface area contributed by atoms with Gasteiger partial charge in [-0.2, -0.15) is 29.8 Å². The van der Waals surface area contributed by atoms with E-state index in [4.69, 9.17) is 0 Å². The van der Waals surface area contributed by atoms with E-state index in [1.165, 1.54) is 0 Å². The molecule has 0 N–H and O–H groups in total. The van der Waals surface area contributed by atoms with Crippen LogP contribution in [0.15, 0.2) is 18.2 Å². The second-order valence-corrected chi connectivity index (χ2v) is 1.96.